The molecule has 2 heterocycles. The van der Waals surface area contributed by atoms with Gasteiger partial charge in [0, 0.05) is 56.0 Å². The smallest absolute Gasteiger partial charge is 0.338 e. The molecule has 6 N–H and O–H groups in total. The lowest BCUT2D eigenvalue weighted by atomic mass is 9.92. The quantitative estimate of drug-likeness (QED) is 0.431. The Bertz CT molecular complexity index is 1210. The summed E-state index contributed by atoms with van der Waals surface area (Å²) in [6, 6.07) is 7.38. The zero-order valence-corrected chi connectivity index (χ0v) is 22.7. The molecule has 2 aliphatic rings. The van der Waals surface area contributed by atoms with Gasteiger partial charge in [-0.25, -0.2) is 9.59 Å². The van der Waals surface area contributed by atoms with Gasteiger partial charge < -0.3 is 26.6 Å². The fourth-order valence-electron chi connectivity index (χ4n) is 4.79. The van der Waals surface area contributed by atoms with Crippen molar-refractivity contribution in [1.82, 2.24) is 24.7 Å². The Hall–Kier alpha value is -2.99. The Balaban J connectivity index is 1.33. The number of halogens is 1. The molecule has 3 amide bonds. The molecular formula is C26H37ClN8O3. The van der Waals surface area contributed by atoms with E-state index in [0.717, 1.165) is 31.2 Å². The summed E-state index contributed by atoms with van der Waals surface area (Å²) in [4.78, 5) is 45.0. The predicted molar refractivity (Wildman–Crippen MR) is 147 cm³/mol. The molecule has 11 nitrogen and oxygen atoms in total. The number of hydrogen-bond acceptors (Lipinski definition) is 7. The van der Waals surface area contributed by atoms with Gasteiger partial charge in [-0.2, -0.15) is 4.98 Å². The summed E-state index contributed by atoms with van der Waals surface area (Å²) < 4.78 is 1.38. The molecule has 0 spiro atoms. The number of amides is 3. The Morgan fingerprint density at radius 3 is 2.34 bits per heavy atom. The Morgan fingerprint density at radius 2 is 1.74 bits per heavy atom. The van der Waals surface area contributed by atoms with Gasteiger partial charge >= 0.3 is 11.7 Å². The Kier molecular flexibility index (Phi) is 8.71. The van der Waals surface area contributed by atoms with E-state index in [2.05, 4.69) is 15.6 Å². The molecule has 0 unspecified atom stereocenters. The molecule has 1 aromatic carbocycles. The molecule has 206 valence electrons. The monoisotopic (exact) mass is 544 g/mol. The third-order valence-corrected chi connectivity index (χ3v) is 7.46. The van der Waals surface area contributed by atoms with Crippen LogP contribution >= 0.6 is 11.6 Å². The minimum Gasteiger partial charge on any atom is -0.338 e. The van der Waals surface area contributed by atoms with E-state index in [0.29, 0.717) is 55.5 Å². The van der Waals surface area contributed by atoms with Crippen molar-refractivity contribution < 1.29 is 9.59 Å². The van der Waals surface area contributed by atoms with Crippen LogP contribution in [0.2, 0.25) is 5.02 Å². The number of hydrogen-bond donors (Lipinski definition) is 4. The molecule has 12 heteroatoms. The van der Waals surface area contributed by atoms with Gasteiger partial charge in [0.05, 0.1) is 11.2 Å². The van der Waals surface area contributed by atoms with Crippen LogP contribution in [0, 0.1) is 0 Å². The van der Waals surface area contributed by atoms with Crippen LogP contribution < -0.4 is 27.8 Å². The number of benzene rings is 1. The molecule has 0 bridgehead atoms. The number of carbonyl (C=O) groups is 2. The standard InChI is InChI=1S/C26H37ClN8O3/c1-26(2,29)23(36)33-11-13-34(14-12-33)24(37)31-22-9-10-35(25(38)32-22)20-8-3-17(21(27)15-20)16-30-19-6-4-18(28)5-7-19/h3,8-10,15,18-19,30H,4-7,11-14,16,28-29H2,1-2H3,(H,31,32,37,38). The van der Waals surface area contributed by atoms with Crippen LogP contribution in [-0.2, 0) is 11.3 Å². The maximum absolute atomic E-state index is 12.7. The molecular weight excluding hydrogens is 508 g/mol. The number of urea groups is 1. The Morgan fingerprint density at radius 1 is 1.08 bits per heavy atom. The highest BCUT2D eigenvalue weighted by Gasteiger charge is 2.31. The van der Waals surface area contributed by atoms with Gasteiger partial charge in [0.2, 0.25) is 5.91 Å². The lowest BCUT2D eigenvalue weighted by Crippen LogP contribution is -2.58. The van der Waals surface area contributed by atoms with Crippen molar-refractivity contribution in [1.29, 1.82) is 0 Å². The number of nitrogens with two attached hydrogens (primary N) is 2. The zero-order valence-electron chi connectivity index (χ0n) is 22.0. The molecule has 1 aliphatic heterocycles. The number of rotatable bonds is 6. The first-order valence-corrected chi connectivity index (χ1v) is 13.4. The summed E-state index contributed by atoms with van der Waals surface area (Å²) in [5.74, 6) is -0.00128. The van der Waals surface area contributed by atoms with E-state index in [1.807, 2.05) is 12.1 Å². The molecule has 0 atom stereocenters. The first-order valence-electron chi connectivity index (χ1n) is 13.0. The zero-order chi connectivity index (χ0) is 27.4. The summed E-state index contributed by atoms with van der Waals surface area (Å²) in [5, 5.41) is 6.77. The van der Waals surface area contributed by atoms with Crippen LogP contribution in [0.5, 0.6) is 0 Å². The van der Waals surface area contributed by atoms with Gasteiger partial charge in [0.1, 0.15) is 5.82 Å². The number of nitrogens with zero attached hydrogens (tertiary/aromatic N) is 4. The van der Waals surface area contributed by atoms with Crippen molar-refractivity contribution in [2.75, 3.05) is 31.5 Å². The molecule has 2 fully saturated rings. The van der Waals surface area contributed by atoms with Crippen LogP contribution in [0.3, 0.4) is 0 Å². The third-order valence-electron chi connectivity index (χ3n) is 7.11. The number of nitrogens with one attached hydrogen (secondary N) is 2. The van der Waals surface area contributed by atoms with Gasteiger partial charge in [0.15, 0.2) is 0 Å². The summed E-state index contributed by atoms with van der Waals surface area (Å²) in [7, 11) is 0. The first kappa shape index (κ1) is 28.0. The first-order chi connectivity index (χ1) is 18.0. The number of aromatic nitrogens is 2. The second-order valence-corrected chi connectivity index (χ2v) is 11.1. The van der Waals surface area contributed by atoms with Gasteiger partial charge in [-0.1, -0.05) is 17.7 Å². The lowest BCUT2D eigenvalue weighted by molar-refractivity contribution is -0.137. The van der Waals surface area contributed by atoms with Crippen molar-refractivity contribution in [3.63, 3.8) is 0 Å². The van der Waals surface area contributed by atoms with E-state index >= 15 is 0 Å². The predicted octanol–water partition coefficient (Wildman–Crippen LogP) is 1.66. The van der Waals surface area contributed by atoms with E-state index in [1.54, 1.807) is 42.0 Å². The van der Waals surface area contributed by atoms with Crippen LogP contribution in [0.4, 0.5) is 10.6 Å². The van der Waals surface area contributed by atoms with Crippen molar-refractivity contribution in [2.45, 2.75) is 63.7 Å². The number of piperazine rings is 1. The fraction of sp³-hybridized carbons (Fsp3) is 0.538. The van der Waals surface area contributed by atoms with Crippen molar-refractivity contribution >= 4 is 29.4 Å². The van der Waals surface area contributed by atoms with Crippen molar-refractivity contribution in [2.24, 2.45) is 11.5 Å². The van der Waals surface area contributed by atoms with E-state index in [1.165, 1.54) is 4.57 Å². The molecule has 1 aromatic heterocycles. The summed E-state index contributed by atoms with van der Waals surface area (Å²) in [5.41, 5.74) is 11.9. The maximum Gasteiger partial charge on any atom is 0.354 e. The number of carbonyl (C=O) groups excluding carboxylic acids is 2. The second-order valence-electron chi connectivity index (χ2n) is 10.7. The van der Waals surface area contributed by atoms with Gasteiger partial charge in [-0.15, -0.1) is 0 Å². The van der Waals surface area contributed by atoms with E-state index in [4.69, 9.17) is 23.1 Å². The average Bonchev–Trinajstić information content (AvgIpc) is 2.88. The second kappa shape index (κ2) is 11.8. The van der Waals surface area contributed by atoms with Gasteiger partial charge in [0.25, 0.3) is 0 Å². The lowest BCUT2D eigenvalue weighted by Gasteiger charge is -2.37. The molecule has 0 radical (unpaired) electrons. The van der Waals surface area contributed by atoms with Crippen LogP contribution in [-0.4, -0.2) is 75.1 Å². The average molecular weight is 545 g/mol. The van der Waals surface area contributed by atoms with Crippen LogP contribution in [0.1, 0.15) is 45.1 Å². The van der Waals surface area contributed by atoms with E-state index < -0.39 is 11.2 Å². The Labute approximate surface area is 227 Å². The van der Waals surface area contributed by atoms with E-state index in [9.17, 15) is 14.4 Å². The normalized spacial score (nSPS) is 20.3. The summed E-state index contributed by atoms with van der Waals surface area (Å²) in [6.07, 6.45) is 5.73. The highest BCUT2D eigenvalue weighted by molar-refractivity contribution is 6.31. The minimum absolute atomic E-state index is 0.150. The topological polar surface area (TPSA) is 152 Å². The number of anilines is 1. The molecule has 38 heavy (non-hydrogen) atoms. The highest BCUT2D eigenvalue weighted by atomic mass is 35.5. The fourth-order valence-corrected chi connectivity index (χ4v) is 5.03. The van der Waals surface area contributed by atoms with Crippen LogP contribution in [0.25, 0.3) is 5.69 Å². The SMILES string of the molecule is CC(C)(N)C(=O)N1CCN(C(=O)Nc2ccn(-c3ccc(CNC4CCC(N)CC4)c(Cl)c3)c(=O)n2)CC1. The molecule has 1 aliphatic carbocycles. The third kappa shape index (κ3) is 6.90. The van der Waals surface area contributed by atoms with Gasteiger partial charge in [-0.3, -0.25) is 14.7 Å². The maximum atomic E-state index is 12.7. The summed E-state index contributed by atoms with van der Waals surface area (Å²) in [6.45, 7) is 5.47. The minimum atomic E-state index is -0.955. The summed E-state index contributed by atoms with van der Waals surface area (Å²) >= 11 is 6.52. The van der Waals surface area contributed by atoms with Gasteiger partial charge in [-0.05, 0) is 63.3 Å². The largest absolute Gasteiger partial charge is 0.354 e. The molecule has 1 saturated carbocycles. The van der Waals surface area contributed by atoms with Crippen molar-refractivity contribution in [3.8, 4) is 5.69 Å². The molecule has 2 aromatic rings. The molecule has 4 rings (SSSR count). The van der Waals surface area contributed by atoms with Crippen LogP contribution in [0.15, 0.2) is 35.3 Å². The molecule has 1 saturated heterocycles. The van der Waals surface area contributed by atoms with E-state index in [-0.39, 0.29) is 17.8 Å². The van der Waals surface area contributed by atoms with Crippen molar-refractivity contribution in [3.05, 3.63) is 51.5 Å². The highest BCUT2D eigenvalue weighted by Crippen LogP contribution is 2.22.